The zero-order valence-electron chi connectivity index (χ0n) is 35.8. The van der Waals surface area contributed by atoms with Crippen molar-refractivity contribution in [2.24, 2.45) is 17.8 Å². The topological polar surface area (TPSA) is 111 Å². The molecule has 0 radical (unpaired) electrons. The lowest BCUT2D eigenvalue weighted by Gasteiger charge is -2.56. The van der Waals surface area contributed by atoms with Crippen LogP contribution in [0.5, 0.6) is 11.6 Å². The van der Waals surface area contributed by atoms with Gasteiger partial charge in [-0.05, 0) is 99.3 Å². The third kappa shape index (κ3) is 7.39. The number of hydrogen-bond donors (Lipinski definition) is 0. The third-order valence-corrected chi connectivity index (χ3v) is 18.0. The minimum atomic E-state index is -2.96. The van der Waals surface area contributed by atoms with Crippen molar-refractivity contribution in [3.05, 3.63) is 118 Å². The molecule has 2 heterocycles. The van der Waals surface area contributed by atoms with Gasteiger partial charge < -0.3 is 18.4 Å². The lowest BCUT2D eigenvalue weighted by molar-refractivity contribution is -0.151. The Labute approximate surface area is 353 Å². The Morgan fingerprint density at radius 1 is 0.950 bits per heavy atom. The van der Waals surface area contributed by atoms with Crippen LogP contribution in [0.3, 0.4) is 0 Å². The largest absolute Gasteiger partial charge is 0.488 e. The molecule has 1 unspecified atom stereocenters. The number of hydrogen-bond acceptors (Lipinski definition) is 10. The van der Waals surface area contributed by atoms with E-state index < -0.39 is 65.9 Å². The molecule has 3 aliphatic carbocycles. The number of aromatic nitrogens is 1. The molecular weight excluding hydrogens is 778 g/mol. The van der Waals surface area contributed by atoms with E-state index in [1.54, 1.807) is 0 Å². The molecule has 5 atom stereocenters. The summed E-state index contributed by atoms with van der Waals surface area (Å²) >= 11 is 0. The molecule has 4 aromatic rings. The first-order valence-electron chi connectivity index (χ1n) is 21.2. The van der Waals surface area contributed by atoms with E-state index in [2.05, 4.69) is 30.8 Å². The van der Waals surface area contributed by atoms with Crippen LogP contribution in [-0.4, -0.2) is 80.0 Å². The van der Waals surface area contributed by atoms with Crippen LogP contribution in [0, 0.1) is 23.6 Å². The van der Waals surface area contributed by atoms with Crippen molar-refractivity contribution < 1.29 is 37.2 Å². The minimum absolute atomic E-state index is 0.0263. The second kappa shape index (κ2) is 16.3. The molecular formula is C48H56FN3O7Si. The van der Waals surface area contributed by atoms with Crippen molar-refractivity contribution in [3.8, 4) is 11.6 Å². The summed E-state index contributed by atoms with van der Waals surface area (Å²) < 4.78 is 42.6. The molecule has 316 valence electrons. The van der Waals surface area contributed by atoms with E-state index in [-0.39, 0.29) is 60.1 Å². The molecule has 60 heavy (non-hydrogen) atoms. The molecule has 0 bridgehead atoms. The molecule has 1 saturated carbocycles. The highest BCUT2D eigenvalue weighted by Gasteiger charge is 2.70. The Morgan fingerprint density at radius 3 is 2.20 bits per heavy atom. The Morgan fingerprint density at radius 2 is 1.58 bits per heavy atom. The summed E-state index contributed by atoms with van der Waals surface area (Å²) in [7, 11) is 0.760. The van der Waals surface area contributed by atoms with Crippen molar-refractivity contribution >= 4 is 31.7 Å². The van der Waals surface area contributed by atoms with Gasteiger partial charge in [0.25, 0.3) is 5.88 Å². The minimum Gasteiger partial charge on any atom is -0.488 e. The first kappa shape index (κ1) is 42.0. The number of carbonyl (C=O) groups is 3. The Bertz CT molecular complexity index is 2300. The molecule has 4 aliphatic rings. The maximum absolute atomic E-state index is 16.6. The van der Waals surface area contributed by atoms with Gasteiger partial charge in [-0.2, -0.15) is 0 Å². The third-order valence-electron chi connectivity index (χ3n) is 13.5. The molecule has 0 spiro atoms. The standard InChI is InChI=1S/C48H56FN3O7Si/c1-47(2,3)60(6,7)59-48-35(40(51(4)5)43-39(45(48)55)46(50-58-43)57-29-31-19-12-9-13-20-31)26-33-25-34-36(49)27-32(21-16-24-52-22-14-15-23-52)42(38(34)41(53)37(33)44(48)54)56-28-30-17-10-8-11-18-30/h8-13,16-21,27,33,35,37,40H,14-15,22-26,28-29H2,1-7H3/t33-,35-,37?,40-,48-/m0/s1. The van der Waals surface area contributed by atoms with E-state index in [1.807, 2.05) is 105 Å². The number of halogens is 1. The SMILES string of the molecule is CN(C)[C@@H]1c2onc(OCc3ccccc3)c2C(=O)[C@@]2(O[Si](C)(C)C(C)(C)C)C(=O)C3C(=O)c4c(c(F)cc(C=CCN5CCCC5)c4OCc4ccccc4)C[C@H]3C[C@@H]12. The summed E-state index contributed by atoms with van der Waals surface area (Å²) in [6, 6.07) is 19.9. The maximum atomic E-state index is 16.6. The Balaban J connectivity index is 1.25. The number of benzene rings is 3. The van der Waals surface area contributed by atoms with Gasteiger partial charge in [-0.25, -0.2) is 4.39 Å². The predicted molar refractivity (Wildman–Crippen MR) is 229 cm³/mol. The fourth-order valence-corrected chi connectivity index (χ4v) is 11.0. The van der Waals surface area contributed by atoms with Gasteiger partial charge in [0.05, 0.1) is 17.5 Å². The highest BCUT2D eigenvalue weighted by Crippen LogP contribution is 2.59. The van der Waals surface area contributed by atoms with Crippen LogP contribution in [0.25, 0.3) is 6.08 Å². The lowest BCUT2D eigenvalue weighted by Crippen LogP contribution is -2.70. The van der Waals surface area contributed by atoms with Gasteiger partial charge >= 0.3 is 0 Å². The van der Waals surface area contributed by atoms with Crippen molar-refractivity contribution in [3.63, 3.8) is 0 Å². The van der Waals surface area contributed by atoms with Crippen LogP contribution in [0.15, 0.2) is 77.3 Å². The summed E-state index contributed by atoms with van der Waals surface area (Å²) in [4.78, 5) is 51.1. The van der Waals surface area contributed by atoms with Crippen molar-refractivity contribution in [1.29, 1.82) is 0 Å². The molecule has 1 saturated heterocycles. The number of rotatable bonds is 12. The molecule has 10 nitrogen and oxygen atoms in total. The second-order valence-electron chi connectivity index (χ2n) is 18.7. The molecule has 1 aromatic heterocycles. The van der Waals surface area contributed by atoms with E-state index in [0.29, 0.717) is 12.1 Å². The van der Waals surface area contributed by atoms with E-state index in [1.165, 1.54) is 6.07 Å². The van der Waals surface area contributed by atoms with Gasteiger partial charge in [0.2, 0.25) is 5.78 Å². The van der Waals surface area contributed by atoms with Gasteiger partial charge in [0.15, 0.2) is 31.2 Å². The zero-order chi connectivity index (χ0) is 42.6. The monoisotopic (exact) mass is 833 g/mol. The lowest BCUT2D eigenvalue weighted by atomic mass is 9.54. The van der Waals surface area contributed by atoms with Crippen LogP contribution in [0.2, 0.25) is 18.1 Å². The molecule has 1 aliphatic heterocycles. The van der Waals surface area contributed by atoms with Crippen molar-refractivity contribution in [2.75, 3.05) is 33.7 Å². The maximum Gasteiger partial charge on any atom is 0.265 e. The van der Waals surface area contributed by atoms with Gasteiger partial charge in [0, 0.05) is 23.6 Å². The average Bonchev–Trinajstić information content (AvgIpc) is 3.89. The quantitative estimate of drug-likeness (QED) is 0.101. The van der Waals surface area contributed by atoms with Crippen LogP contribution in [0.4, 0.5) is 4.39 Å². The Hall–Kier alpha value is -4.75. The van der Waals surface area contributed by atoms with Gasteiger partial charge in [-0.15, -0.1) is 0 Å². The van der Waals surface area contributed by atoms with Crippen LogP contribution in [-0.2, 0) is 28.9 Å². The number of ether oxygens (including phenoxy) is 2. The van der Waals surface area contributed by atoms with Gasteiger partial charge in [-0.3, -0.25) is 24.2 Å². The smallest absolute Gasteiger partial charge is 0.265 e. The van der Waals surface area contributed by atoms with Gasteiger partial charge in [0.1, 0.15) is 30.3 Å². The van der Waals surface area contributed by atoms with Crippen LogP contribution in [0.1, 0.15) is 94.8 Å². The average molecular weight is 834 g/mol. The first-order valence-corrected chi connectivity index (χ1v) is 24.1. The summed E-state index contributed by atoms with van der Waals surface area (Å²) in [5.41, 5.74) is 0.430. The molecule has 12 heteroatoms. The first-order chi connectivity index (χ1) is 28.6. The number of carbonyl (C=O) groups excluding carboxylic acids is 3. The summed E-state index contributed by atoms with van der Waals surface area (Å²) in [5, 5.41) is 3.86. The number of likely N-dealkylation sites (tertiary alicyclic amines) is 1. The molecule has 0 amide bonds. The van der Waals surface area contributed by atoms with Crippen molar-refractivity contribution in [1.82, 2.24) is 15.0 Å². The number of Topliss-reactive ketones (excluding diaryl/α,β-unsaturated/α-hetero) is 3. The molecule has 0 N–H and O–H groups in total. The van der Waals surface area contributed by atoms with Crippen LogP contribution < -0.4 is 9.47 Å². The summed E-state index contributed by atoms with van der Waals surface area (Å²) in [5.74, 6) is -4.46. The molecule has 8 rings (SSSR count). The number of ketones is 3. The fourth-order valence-electron chi connectivity index (χ4n) is 9.51. The molecule has 3 aromatic carbocycles. The van der Waals surface area contributed by atoms with Gasteiger partial charge in [-0.1, -0.05) is 93.6 Å². The highest BCUT2D eigenvalue weighted by atomic mass is 28.4. The normalized spacial score (nSPS) is 24.4. The van der Waals surface area contributed by atoms with Crippen molar-refractivity contribution in [2.45, 2.75) is 89.4 Å². The van der Waals surface area contributed by atoms with E-state index in [0.717, 1.165) is 37.1 Å². The fraction of sp³-hybridized carbons (Fsp3) is 0.458. The zero-order valence-corrected chi connectivity index (χ0v) is 36.8. The van der Waals surface area contributed by atoms with Crippen LogP contribution >= 0.6 is 0 Å². The summed E-state index contributed by atoms with van der Waals surface area (Å²) in [6.45, 7) is 13.1. The number of fused-ring (bicyclic) bond motifs is 4. The van der Waals surface area contributed by atoms with E-state index in [4.69, 9.17) is 18.4 Å². The highest BCUT2D eigenvalue weighted by molar-refractivity contribution is 6.74. The summed E-state index contributed by atoms with van der Waals surface area (Å²) in [6.07, 6.45) is 6.40. The second-order valence-corrected chi connectivity index (χ2v) is 23.4. The predicted octanol–water partition coefficient (Wildman–Crippen LogP) is 8.90. The Kier molecular flexibility index (Phi) is 11.4. The number of nitrogens with zero attached hydrogens (tertiary/aromatic N) is 3. The van der Waals surface area contributed by atoms with E-state index in [9.17, 15) is 0 Å². The van der Waals surface area contributed by atoms with E-state index >= 15 is 18.8 Å². The molecule has 2 fully saturated rings.